The summed E-state index contributed by atoms with van der Waals surface area (Å²) in [5, 5.41) is 3.64. The van der Waals surface area contributed by atoms with Gasteiger partial charge in [0, 0.05) is 6.04 Å². The minimum atomic E-state index is -0.141. The van der Waals surface area contributed by atoms with Crippen LogP contribution in [0, 0.1) is 18.2 Å². The van der Waals surface area contributed by atoms with Crippen LogP contribution < -0.4 is 5.32 Å². The van der Waals surface area contributed by atoms with Crippen LogP contribution in [0.4, 0.5) is 4.39 Å². The Morgan fingerprint density at radius 3 is 2.47 bits per heavy atom. The maximum Gasteiger partial charge on any atom is 0.123 e. The summed E-state index contributed by atoms with van der Waals surface area (Å²) in [6, 6.07) is 5.61. The van der Waals surface area contributed by atoms with Crippen LogP contribution in [0.1, 0.15) is 51.7 Å². The van der Waals surface area contributed by atoms with Gasteiger partial charge in [-0.25, -0.2) is 4.39 Å². The summed E-state index contributed by atoms with van der Waals surface area (Å²) in [7, 11) is 0. The Morgan fingerprint density at radius 1 is 1.26 bits per heavy atom. The summed E-state index contributed by atoms with van der Waals surface area (Å²) in [6.45, 7) is 12.1. The maximum atomic E-state index is 13.1. The number of benzene rings is 1. The number of aryl methyl sites for hydroxylation is 2. The van der Waals surface area contributed by atoms with Gasteiger partial charge >= 0.3 is 0 Å². The first kappa shape index (κ1) is 16.2. The number of hydrogen-bond acceptors (Lipinski definition) is 1. The molecule has 1 nitrogen and oxygen atoms in total. The summed E-state index contributed by atoms with van der Waals surface area (Å²) < 4.78 is 13.1. The van der Waals surface area contributed by atoms with Crippen molar-refractivity contribution in [2.75, 3.05) is 6.54 Å². The topological polar surface area (TPSA) is 12.0 Å². The van der Waals surface area contributed by atoms with Gasteiger partial charge in [-0.15, -0.1) is 0 Å². The van der Waals surface area contributed by atoms with Gasteiger partial charge in [0.1, 0.15) is 5.82 Å². The lowest BCUT2D eigenvalue weighted by Gasteiger charge is -2.32. The Balaban J connectivity index is 2.65. The molecule has 0 amide bonds. The molecule has 0 aromatic heterocycles. The van der Waals surface area contributed by atoms with Gasteiger partial charge in [-0.2, -0.15) is 0 Å². The Bertz CT molecular complexity index is 393. The van der Waals surface area contributed by atoms with E-state index in [-0.39, 0.29) is 11.2 Å². The molecule has 0 fully saturated rings. The monoisotopic (exact) mass is 265 g/mol. The Morgan fingerprint density at radius 2 is 1.95 bits per heavy atom. The van der Waals surface area contributed by atoms with Gasteiger partial charge in [0.15, 0.2) is 0 Å². The SMILES string of the molecule is CCCNC(CCc1ccc(F)cc1C)C(C)(C)C. The van der Waals surface area contributed by atoms with Gasteiger partial charge in [0.2, 0.25) is 0 Å². The highest BCUT2D eigenvalue weighted by Crippen LogP contribution is 2.24. The lowest BCUT2D eigenvalue weighted by Crippen LogP contribution is -2.41. The highest BCUT2D eigenvalue weighted by atomic mass is 19.1. The molecule has 1 atom stereocenters. The Labute approximate surface area is 117 Å². The molecule has 0 radical (unpaired) electrons. The molecule has 1 aromatic rings. The first-order valence-corrected chi connectivity index (χ1v) is 7.33. The number of nitrogens with one attached hydrogen (secondary N) is 1. The highest BCUT2D eigenvalue weighted by molar-refractivity contribution is 5.26. The quantitative estimate of drug-likeness (QED) is 0.799. The first-order valence-electron chi connectivity index (χ1n) is 7.33. The van der Waals surface area contributed by atoms with Crippen LogP contribution in [-0.2, 0) is 6.42 Å². The van der Waals surface area contributed by atoms with Crippen molar-refractivity contribution in [3.63, 3.8) is 0 Å². The number of halogens is 1. The molecule has 1 rings (SSSR count). The van der Waals surface area contributed by atoms with E-state index < -0.39 is 0 Å². The molecular formula is C17H28FN. The molecule has 0 heterocycles. The summed E-state index contributed by atoms with van der Waals surface area (Å²) in [5.41, 5.74) is 2.57. The number of hydrogen-bond donors (Lipinski definition) is 1. The summed E-state index contributed by atoms with van der Waals surface area (Å²) in [4.78, 5) is 0. The lowest BCUT2D eigenvalue weighted by molar-refractivity contribution is 0.255. The third kappa shape index (κ3) is 5.32. The van der Waals surface area contributed by atoms with E-state index in [1.807, 2.05) is 13.0 Å². The van der Waals surface area contributed by atoms with Gasteiger partial charge in [-0.3, -0.25) is 0 Å². The second-order valence-corrected chi connectivity index (χ2v) is 6.48. The molecule has 0 saturated carbocycles. The Hall–Kier alpha value is -0.890. The van der Waals surface area contributed by atoms with Crippen molar-refractivity contribution in [2.45, 2.75) is 59.9 Å². The molecule has 0 aliphatic rings. The van der Waals surface area contributed by atoms with Crippen molar-refractivity contribution >= 4 is 0 Å². The van der Waals surface area contributed by atoms with Crippen LogP contribution in [-0.4, -0.2) is 12.6 Å². The molecule has 0 aliphatic heterocycles. The standard InChI is InChI=1S/C17H28FN/c1-6-11-19-16(17(3,4)5)10-8-14-7-9-15(18)12-13(14)2/h7,9,12,16,19H,6,8,10-11H2,1-5H3. The predicted octanol–water partition coefficient (Wildman–Crippen LogP) is 4.48. The fourth-order valence-electron chi connectivity index (χ4n) is 2.40. The predicted molar refractivity (Wildman–Crippen MR) is 81.0 cm³/mol. The van der Waals surface area contributed by atoms with Crippen LogP contribution >= 0.6 is 0 Å². The van der Waals surface area contributed by atoms with Crippen molar-refractivity contribution in [3.05, 3.63) is 35.1 Å². The zero-order chi connectivity index (χ0) is 14.5. The summed E-state index contributed by atoms with van der Waals surface area (Å²) >= 11 is 0. The molecule has 1 aromatic carbocycles. The van der Waals surface area contributed by atoms with Crippen molar-refractivity contribution in [3.8, 4) is 0 Å². The van der Waals surface area contributed by atoms with Gasteiger partial charge < -0.3 is 5.32 Å². The average molecular weight is 265 g/mol. The molecule has 0 saturated heterocycles. The first-order chi connectivity index (χ1) is 8.84. The molecule has 19 heavy (non-hydrogen) atoms. The fourth-order valence-corrected chi connectivity index (χ4v) is 2.40. The van der Waals surface area contributed by atoms with Crippen LogP contribution in [0.3, 0.4) is 0 Å². The minimum Gasteiger partial charge on any atom is -0.313 e. The van der Waals surface area contributed by atoms with E-state index in [2.05, 4.69) is 33.0 Å². The molecule has 1 N–H and O–H groups in total. The zero-order valence-electron chi connectivity index (χ0n) is 13.0. The fraction of sp³-hybridized carbons (Fsp3) is 0.647. The van der Waals surface area contributed by atoms with Gasteiger partial charge in [-0.05, 0) is 61.4 Å². The van der Waals surface area contributed by atoms with E-state index in [9.17, 15) is 4.39 Å². The van der Waals surface area contributed by atoms with Gasteiger partial charge in [-0.1, -0.05) is 33.8 Å². The molecular weight excluding hydrogens is 237 g/mol. The molecule has 0 spiro atoms. The van der Waals surface area contributed by atoms with E-state index in [0.717, 1.165) is 31.4 Å². The van der Waals surface area contributed by atoms with Crippen LogP contribution in [0.2, 0.25) is 0 Å². The van der Waals surface area contributed by atoms with Crippen molar-refractivity contribution < 1.29 is 4.39 Å². The van der Waals surface area contributed by atoms with Gasteiger partial charge in [0.05, 0.1) is 0 Å². The Kier molecular flexibility index (Phi) is 5.99. The van der Waals surface area contributed by atoms with Crippen LogP contribution in [0.15, 0.2) is 18.2 Å². The lowest BCUT2D eigenvalue weighted by atomic mass is 9.83. The minimum absolute atomic E-state index is 0.141. The van der Waals surface area contributed by atoms with Crippen molar-refractivity contribution in [1.29, 1.82) is 0 Å². The van der Waals surface area contributed by atoms with E-state index in [1.54, 1.807) is 12.1 Å². The molecule has 1 unspecified atom stereocenters. The highest BCUT2D eigenvalue weighted by Gasteiger charge is 2.23. The van der Waals surface area contributed by atoms with E-state index in [1.165, 1.54) is 5.56 Å². The van der Waals surface area contributed by atoms with E-state index >= 15 is 0 Å². The molecule has 108 valence electrons. The second-order valence-electron chi connectivity index (χ2n) is 6.48. The third-order valence-corrected chi connectivity index (χ3v) is 3.69. The smallest absolute Gasteiger partial charge is 0.123 e. The molecule has 2 heteroatoms. The molecule has 0 aliphatic carbocycles. The van der Waals surface area contributed by atoms with E-state index in [0.29, 0.717) is 6.04 Å². The molecule has 0 bridgehead atoms. The summed E-state index contributed by atoms with van der Waals surface area (Å²) in [5.74, 6) is -0.141. The van der Waals surface area contributed by atoms with Gasteiger partial charge in [0.25, 0.3) is 0 Å². The third-order valence-electron chi connectivity index (χ3n) is 3.69. The second kappa shape index (κ2) is 7.04. The van der Waals surface area contributed by atoms with Crippen LogP contribution in [0.25, 0.3) is 0 Å². The normalized spacial score (nSPS) is 13.6. The number of rotatable bonds is 6. The van der Waals surface area contributed by atoms with Crippen molar-refractivity contribution in [2.24, 2.45) is 5.41 Å². The van der Waals surface area contributed by atoms with Crippen LogP contribution in [0.5, 0.6) is 0 Å². The average Bonchev–Trinajstić information content (AvgIpc) is 2.29. The zero-order valence-corrected chi connectivity index (χ0v) is 13.0. The van der Waals surface area contributed by atoms with Crippen molar-refractivity contribution in [1.82, 2.24) is 5.32 Å². The maximum absolute atomic E-state index is 13.1. The largest absolute Gasteiger partial charge is 0.313 e. The van der Waals surface area contributed by atoms with E-state index in [4.69, 9.17) is 0 Å². The summed E-state index contributed by atoms with van der Waals surface area (Å²) in [6.07, 6.45) is 3.25.